The zero-order valence-electron chi connectivity index (χ0n) is 18.3. The Morgan fingerprint density at radius 1 is 1.16 bits per heavy atom. The van der Waals surface area contributed by atoms with E-state index in [1.54, 1.807) is 6.92 Å². The lowest BCUT2D eigenvalue weighted by Gasteiger charge is -2.48. The molecule has 1 aromatic carbocycles. The summed E-state index contributed by atoms with van der Waals surface area (Å²) >= 11 is 6.25. The van der Waals surface area contributed by atoms with E-state index in [2.05, 4.69) is 35.4 Å². The number of rotatable bonds is 3. The Morgan fingerprint density at radius 3 is 2.41 bits per heavy atom. The first-order valence-corrected chi connectivity index (χ1v) is 10.9. The molecule has 32 heavy (non-hydrogen) atoms. The predicted octanol–water partition coefficient (Wildman–Crippen LogP) is 5.36. The Hall–Kier alpha value is -2.32. The van der Waals surface area contributed by atoms with Gasteiger partial charge in [-0.3, -0.25) is 9.80 Å². The SMILES string of the molecule is Cc1cc(C(F)(F)F)ncc1N1C[C@]2(CC[C@](c3cccc(Cl)c3)(N(C)C)CC2)NC1=O. The van der Waals surface area contributed by atoms with Gasteiger partial charge in [0, 0.05) is 10.6 Å². The maximum atomic E-state index is 13.0. The molecule has 1 aliphatic carbocycles. The fraction of sp³-hybridized carbons (Fsp3) is 0.478. The van der Waals surface area contributed by atoms with Crippen LogP contribution in [0.1, 0.15) is 42.5 Å². The molecule has 2 amide bonds. The molecule has 0 atom stereocenters. The van der Waals surface area contributed by atoms with Crippen molar-refractivity contribution < 1.29 is 18.0 Å². The summed E-state index contributed by atoms with van der Waals surface area (Å²) in [5, 5.41) is 3.81. The highest BCUT2D eigenvalue weighted by atomic mass is 35.5. The molecule has 0 bridgehead atoms. The number of hydrogen-bond donors (Lipinski definition) is 1. The predicted molar refractivity (Wildman–Crippen MR) is 118 cm³/mol. The zero-order chi connectivity index (χ0) is 23.3. The molecule has 1 saturated carbocycles. The van der Waals surface area contributed by atoms with Gasteiger partial charge in [-0.05, 0) is 76.0 Å². The van der Waals surface area contributed by atoms with Crippen LogP contribution in [0.5, 0.6) is 0 Å². The van der Waals surface area contributed by atoms with Crippen LogP contribution in [-0.2, 0) is 11.7 Å². The molecular formula is C23H26ClF3N4O. The van der Waals surface area contributed by atoms with E-state index in [0.717, 1.165) is 43.5 Å². The van der Waals surface area contributed by atoms with Crippen molar-refractivity contribution in [3.8, 4) is 0 Å². The van der Waals surface area contributed by atoms with Gasteiger partial charge in [-0.15, -0.1) is 0 Å². The molecule has 9 heteroatoms. The molecule has 2 fully saturated rings. The minimum absolute atomic E-state index is 0.194. The van der Waals surface area contributed by atoms with Crippen LogP contribution in [0.15, 0.2) is 36.5 Å². The number of amides is 2. The molecule has 1 saturated heterocycles. The lowest BCUT2D eigenvalue weighted by molar-refractivity contribution is -0.141. The average molecular weight is 467 g/mol. The van der Waals surface area contributed by atoms with Crippen molar-refractivity contribution in [2.24, 2.45) is 0 Å². The van der Waals surface area contributed by atoms with Gasteiger partial charge in [0.2, 0.25) is 0 Å². The Kier molecular flexibility index (Phi) is 5.66. The lowest BCUT2D eigenvalue weighted by Crippen LogP contribution is -2.54. The number of anilines is 1. The first-order chi connectivity index (χ1) is 15.0. The van der Waals surface area contributed by atoms with Gasteiger partial charge in [0.25, 0.3) is 0 Å². The summed E-state index contributed by atoms with van der Waals surface area (Å²) in [7, 11) is 4.10. The number of halogens is 4. The van der Waals surface area contributed by atoms with Gasteiger partial charge in [0.15, 0.2) is 0 Å². The van der Waals surface area contributed by atoms with Crippen molar-refractivity contribution in [2.45, 2.75) is 49.9 Å². The number of aromatic nitrogens is 1. The summed E-state index contributed by atoms with van der Waals surface area (Å²) in [5.74, 6) is 0. The highest BCUT2D eigenvalue weighted by molar-refractivity contribution is 6.30. The van der Waals surface area contributed by atoms with Crippen molar-refractivity contribution in [1.82, 2.24) is 15.2 Å². The van der Waals surface area contributed by atoms with Gasteiger partial charge >= 0.3 is 12.2 Å². The van der Waals surface area contributed by atoms with Crippen LogP contribution in [0.4, 0.5) is 23.7 Å². The second-order valence-corrected chi connectivity index (χ2v) is 9.52. The highest BCUT2D eigenvalue weighted by Gasteiger charge is 2.50. The molecular weight excluding hydrogens is 441 g/mol. The number of pyridine rings is 1. The number of alkyl halides is 3. The minimum Gasteiger partial charge on any atom is -0.330 e. The van der Waals surface area contributed by atoms with Crippen LogP contribution in [0.25, 0.3) is 0 Å². The Morgan fingerprint density at radius 2 is 1.84 bits per heavy atom. The third kappa shape index (κ3) is 3.94. The first-order valence-electron chi connectivity index (χ1n) is 10.5. The Bertz CT molecular complexity index is 1030. The number of nitrogens with zero attached hydrogens (tertiary/aromatic N) is 3. The third-order valence-electron chi connectivity index (χ3n) is 6.99. The number of nitrogens with one attached hydrogen (secondary N) is 1. The average Bonchev–Trinajstić information content (AvgIpc) is 3.03. The van der Waals surface area contributed by atoms with Crippen LogP contribution in [-0.4, -0.2) is 42.1 Å². The van der Waals surface area contributed by atoms with Crippen molar-refractivity contribution in [3.63, 3.8) is 0 Å². The van der Waals surface area contributed by atoms with Crippen LogP contribution >= 0.6 is 11.6 Å². The maximum Gasteiger partial charge on any atom is 0.433 e. The fourth-order valence-electron chi connectivity index (χ4n) is 5.09. The second-order valence-electron chi connectivity index (χ2n) is 9.09. The van der Waals surface area contributed by atoms with Crippen molar-refractivity contribution in [2.75, 3.05) is 25.5 Å². The zero-order valence-corrected chi connectivity index (χ0v) is 19.0. The number of aryl methyl sites for hydroxylation is 1. The van der Waals surface area contributed by atoms with Gasteiger partial charge in [-0.1, -0.05) is 23.7 Å². The normalized spacial score (nSPS) is 26.1. The van der Waals surface area contributed by atoms with Crippen LogP contribution in [0.3, 0.4) is 0 Å². The standard InChI is InChI=1S/C23H26ClF3N4O/c1-15-11-19(23(25,26)27)28-13-18(15)31-14-21(29-20(31)32)7-9-22(10-8-21,30(2)3)16-5-4-6-17(24)12-16/h4-6,11-13H,7-10,14H2,1-3H3,(H,29,32)/t21-,22+. The van der Waals surface area contributed by atoms with Crippen molar-refractivity contribution >= 4 is 23.3 Å². The summed E-state index contributed by atoms with van der Waals surface area (Å²) in [6.45, 7) is 1.97. The molecule has 0 unspecified atom stereocenters. The summed E-state index contributed by atoms with van der Waals surface area (Å²) in [4.78, 5) is 20.1. The van der Waals surface area contributed by atoms with Crippen molar-refractivity contribution in [3.05, 3.63) is 58.4 Å². The van der Waals surface area contributed by atoms with E-state index in [4.69, 9.17) is 11.6 Å². The van der Waals surface area contributed by atoms with Gasteiger partial charge in [0.1, 0.15) is 5.69 Å². The van der Waals surface area contributed by atoms with E-state index < -0.39 is 17.4 Å². The molecule has 2 aliphatic rings. The Labute approximate surface area is 190 Å². The fourth-order valence-corrected chi connectivity index (χ4v) is 5.28. The summed E-state index contributed by atoms with van der Waals surface area (Å²) in [6, 6.07) is 8.58. The topological polar surface area (TPSA) is 48.5 Å². The number of carbonyl (C=O) groups excluding carboxylic acids is 1. The van der Waals surface area contributed by atoms with Gasteiger partial charge in [-0.25, -0.2) is 9.78 Å². The summed E-state index contributed by atoms with van der Waals surface area (Å²) < 4.78 is 38.9. The van der Waals surface area contributed by atoms with Gasteiger partial charge < -0.3 is 5.32 Å². The minimum atomic E-state index is -4.52. The van der Waals surface area contributed by atoms with E-state index in [1.807, 2.05) is 18.2 Å². The van der Waals surface area contributed by atoms with E-state index >= 15 is 0 Å². The molecule has 1 aromatic heterocycles. The van der Waals surface area contributed by atoms with Gasteiger partial charge in [-0.2, -0.15) is 13.2 Å². The van der Waals surface area contributed by atoms with E-state index in [1.165, 1.54) is 4.90 Å². The van der Waals surface area contributed by atoms with Crippen LogP contribution in [0, 0.1) is 6.92 Å². The molecule has 1 aliphatic heterocycles. The van der Waals surface area contributed by atoms with Crippen LogP contribution in [0.2, 0.25) is 5.02 Å². The quantitative estimate of drug-likeness (QED) is 0.662. The molecule has 1 N–H and O–H groups in total. The van der Waals surface area contributed by atoms with E-state index in [-0.39, 0.29) is 11.6 Å². The van der Waals surface area contributed by atoms with E-state index in [0.29, 0.717) is 22.8 Å². The monoisotopic (exact) mass is 466 g/mol. The van der Waals surface area contributed by atoms with Crippen molar-refractivity contribution in [1.29, 1.82) is 0 Å². The Balaban J connectivity index is 1.56. The first kappa shape index (κ1) is 22.9. The molecule has 5 nitrogen and oxygen atoms in total. The lowest BCUT2D eigenvalue weighted by atomic mass is 9.69. The smallest absolute Gasteiger partial charge is 0.330 e. The largest absolute Gasteiger partial charge is 0.433 e. The third-order valence-corrected chi connectivity index (χ3v) is 7.23. The molecule has 172 valence electrons. The summed E-state index contributed by atoms with van der Waals surface area (Å²) in [6.07, 6.45) is -0.246. The molecule has 4 rings (SSSR count). The molecule has 2 aromatic rings. The van der Waals surface area contributed by atoms with E-state index in [9.17, 15) is 18.0 Å². The number of carbonyl (C=O) groups is 1. The number of benzene rings is 1. The van der Waals surface area contributed by atoms with Gasteiger partial charge in [0.05, 0.1) is 24.0 Å². The molecule has 2 heterocycles. The second kappa shape index (κ2) is 7.92. The maximum absolute atomic E-state index is 13.0. The summed E-state index contributed by atoms with van der Waals surface area (Å²) in [5.41, 5.74) is 0.352. The number of hydrogen-bond acceptors (Lipinski definition) is 3. The highest BCUT2D eigenvalue weighted by Crippen LogP contribution is 2.47. The van der Waals surface area contributed by atoms with Crippen LogP contribution < -0.4 is 10.2 Å². The number of urea groups is 1. The molecule has 1 spiro atoms. The molecule has 0 radical (unpaired) electrons.